The SMILES string of the molecule is CCCC(CCCCCCCC(CCNC)N(C)CCc1cscc1NC=O)C1CCN(C)CC1. The summed E-state index contributed by atoms with van der Waals surface area (Å²) in [6, 6.07) is 0.627. The second-order valence-corrected chi connectivity index (χ2v) is 11.6. The quantitative estimate of drug-likeness (QED) is 0.162. The van der Waals surface area contributed by atoms with E-state index in [0.29, 0.717) is 6.04 Å². The van der Waals surface area contributed by atoms with Crippen molar-refractivity contribution in [3.8, 4) is 0 Å². The number of rotatable bonds is 20. The Morgan fingerprint density at radius 2 is 1.80 bits per heavy atom. The van der Waals surface area contributed by atoms with Crippen molar-refractivity contribution in [3.05, 3.63) is 16.3 Å². The number of anilines is 1. The first-order valence-electron chi connectivity index (χ1n) is 14.4. The lowest BCUT2D eigenvalue weighted by Crippen LogP contribution is -2.35. The molecule has 5 nitrogen and oxygen atoms in total. The van der Waals surface area contributed by atoms with Crippen LogP contribution in [0.3, 0.4) is 0 Å². The molecule has 2 rings (SSSR count). The van der Waals surface area contributed by atoms with Crippen molar-refractivity contribution in [1.29, 1.82) is 0 Å². The van der Waals surface area contributed by atoms with Crippen LogP contribution in [0.25, 0.3) is 0 Å². The molecule has 1 aromatic heterocycles. The molecule has 2 N–H and O–H groups in total. The Kier molecular flexibility index (Phi) is 15.8. The minimum atomic E-state index is 0.627. The summed E-state index contributed by atoms with van der Waals surface area (Å²) in [6.07, 6.45) is 18.3. The van der Waals surface area contributed by atoms with Crippen molar-refractivity contribution in [1.82, 2.24) is 15.1 Å². The average Bonchev–Trinajstić information content (AvgIpc) is 3.31. The second-order valence-electron chi connectivity index (χ2n) is 10.9. The van der Waals surface area contributed by atoms with E-state index in [9.17, 15) is 4.79 Å². The molecule has 202 valence electrons. The van der Waals surface area contributed by atoms with E-state index in [1.54, 1.807) is 11.3 Å². The number of carbonyl (C=O) groups excluding carboxylic acids is 1. The van der Waals surface area contributed by atoms with Crippen molar-refractivity contribution in [2.24, 2.45) is 11.8 Å². The molecular weight excluding hydrogens is 452 g/mol. The van der Waals surface area contributed by atoms with Gasteiger partial charge in [-0.15, -0.1) is 11.3 Å². The van der Waals surface area contributed by atoms with Crippen LogP contribution in [0.4, 0.5) is 5.69 Å². The van der Waals surface area contributed by atoms with Crippen molar-refractivity contribution in [2.45, 2.75) is 96.4 Å². The summed E-state index contributed by atoms with van der Waals surface area (Å²) in [5, 5.41) is 10.4. The van der Waals surface area contributed by atoms with Gasteiger partial charge in [0.05, 0.1) is 5.69 Å². The molecule has 1 aliphatic rings. The normalized spacial score (nSPS) is 17.1. The number of carbonyl (C=O) groups is 1. The topological polar surface area (TPSA) is 47.6 Å². The van der Waals surface area contributed by atoms with Gasteiger partial charge in [-0.05, 0) is 95.7 Å². The fourth-order valence-electron chi connectivity index (χ4n) is 5.89. The van der Waals surface area contributed by atoms with Crippen LogP contribution in [0.1, 0.15) is 89.5 Å². The number of unbranched alkanes of at least 4 members (excludes halogenated alkanes) is 4. The molecule has 2 unspecified atom stereocenters. The number of likely N-dealkylation sites (N-methyl/N-ethyl adjacent to an activating group) is 1. The fraction of sp³-hybridized carbons (Fsp3) is 0.828. The molecular formula is C29H54N4OS. The standard InChI is InChI=1S/C29H54N4OS/c1-5-11-25(26-15-19-32(3)20-16-26)12-9-7-6-8-10-13-28(14-18-30-2)33(4)21-17-27-22-35-23-29(27)31-24-34/h22-26,28,30H,5-21H2,1-4H3,(H,31,34). The van der Waals surface area contributed by atoms with Gasteiger partial charge in [-0.1, -0.05) is 58.3 Å². The van der Waals surface area contributed by atoms with E-state index >= 15 is 0 Å². The predicted molar refractivity (Wildman–Crippen MR) is 154 cm³/mol. The smallest absolute Gasteiger partial charge is 0.211 e. The van der Waals surface area contributed by atoms with Gasteiger partial charge in [-0.2, -0.15) is 0 Å². The summed E-state index contributed by atoms with van der Waals surface area (Å²) in [6.45, 7) is 7.08. The van der Waals surface area contributed by atoms with Crippen LogP contribution in [0.5, 0.6) is 0 Å². The van der Waals surface area contributed by atoms with Crippen LogP contribution in [0.2, 0.25) is 0 Å². The Balaban J connectivity index is 1.65. The Bertz CT molecular complexity index is 659. The predicted octanol–water partition coefficient (Wildman–Crippen LogP) is 6.26. The van der Waals surface area contributed by atoms with E-state index in [-0.39, 0.29) is 0 Å². The Morgan fingerprint density at radius 1 is 1.09 bits per heavy atom. The third-order valence-electron chi connectivity index (χ3n) is 8.24. The first-order valence-corrected chi connectivity index (χ1v) is 15.3. The van der Waals surface area contributed by atoms with Crippen LogP contribution in [-0.4, -0.2) is 69.6 Å². The Hall–Kier alpha value is -0.950. The van der Waals surface area contributed by atoms with Gasteiger partial charge in [0.1, 0.15) is 0 Å². The zero-order chi connectivity index (χ0) is 25.3. The second kappa shape index (κ2) is 18.3. The first kappa shape index (κ1) is 30.3. The van der Waals surface area contributed by atoms with Gasteiger partial charge in [0, 0.05) is 18.0 Å². The molecule has 1 aromatic rings. The fourth-order valence-corrected chi connectivity index (χ4v) is 6.72. The zero-order valence-electron chi connectivity index (χ0n) is 23.2. The Labute approximate surface area is 220 Å². The summed E-state index contributed by atoms with van der Waals surface area (Å²) in [5.74, 6) is 1.95. The molecule has 2 heterocycles. The van der Waals surface area contributed by atoms with Gasteiger partial charge in [-0.25, -0.2) is 0 Å². The highest BCUT2D eigenvalue weighted by molar-refractivity contribution is 7.08. The molecule has 2 atom stereocenters. The molecule has 6 heteroatoms. The van der Waals surface area contributed by atoms with E-state index < -0.39 is 0 Å². The van der Waals surface area contributed by atoms with Crippen molar-refractivity contribution in [2.75, 3.05) is 52.6 Å². The highest BCUT2D eigenvalue weighted by Crippen LogP contribution is 2.32. The molecule has 1 amide bonds. The van der Waals surface area contributed by atoms with Gasteiger partial charge >= 0.3 is 0 Å². The molecule has 0 saturated carbocycles. The molecule has 1 aliphatic heterocycles. The van der Waals surface area contributed by atoms with E-state index in [1.807, 2.05) is 5.38 Å². The largest absolute Gasteiger partial charge is 0.328 e. The molecule has 1 saturated heterocycles. The summed E-state index contributed by atoms with van der Waals surface area (Å²) in [7, 11) is 6.60. The van der Waals surface area contributed by atoms with Gasteiger partial charge in [0.2, 0.25) is 6.41 Å². The minimum absolute atomic E-state index is 0.627. The molecule has 0 spiro atoms. The third kappa shape index (κ3) is 11.8. The van der Waals surface area contributed by atoms with Crippen molar-refractivity contribution in [3.63, 3.8) is 0 Å². The number of hydrogen-bond donors (Lipinski definition) is 2. The summed E-state index contributed by atoms with van der Waals surface area (Å²) >= 11 is 1.66. The van der Waals surface area contributed by atoms with Crippen LogP contribution >= 0.6 is 11.3 Å². The van der Waals surface area contributed by atoms with Crippen LogP contribution < -0.4 is 10.6 Å². The Morgan fingerprint density at radius 3 is 2.49 bits per heavy atom. The maximum atomic E-state index is 10.8. The molecule has 0 aromatic carbocycles. The number of likely N-dealkylation sites (tertiary alicyclic amines) is 1. The third-order valence-corrected chi connectivity index (χ3v) is 9.04. The van der Waals surface area contributed by atoms with E-state index in [4.69, 9.17) is 0 Å². The summed E-state index contributed by atoms with van der Waals surface area (Å²) in [5.41, 5.74) is 2.23. The number of piperidine rings is 1. The zero-order valence-corrected chi connectivity index (χ0v) is 24.0. The van der Waals surface area contributed by atoms with Crippen molar-refractivity contribution >= 4 is 23.4 Å². The van der Waals surface area contributed by atoms with Crippen molar-refractivity contribution < 1.29 is 4.79 Å². The maximum absolute atomic E-state index is 10.8. The molecule has 35 heavy (non-hydrogen) atoms. The monoisotopic (exact) mass is 506 g/mol. The lowest BCUT2D eigenvalue weighted by Gasteiger charge is -2.34. The lowest BCUT2D eigenvalue weighted by atomic mass is 9.79. The van der Waals surface area contributed by atoms with E-state index in [1.165, 1.54) is 95.7 Å². The maximum Gasteiger partial charge on any atom is 0.211 e. The average molecular weight is 507 g/mol. The van der Waals surface area contributed by atoms with E-state index in [0.717, 1.165) is 43.4 Å². The van der Waals surface area contributed by atoms with Gasteiger partial charge in [0.25, 0.3) is 0 Å². The first-order chi connectivity index (χ1) is 17.1. The molecule has 0 aliphatic carbocycles. The van der Waals surface area contributed by atoms with Gasteiger partial charge in [0.15, 0.2) is 0 Å². The number of hydrogen-bond acceptors (Lipinski definition) is 5. The van der Waals surface area contributed by atoms with E-state index in [2.05, 4.69) is 53.9 Å². The minimum Gasteiger partial charge on any atom is -0.328 e. The lowest BCUT2D eigenvalue weighted by molar-refractivity contribution is -0.105. The number of nitrogens with one attached hydrogen (secondary N) is 2. The van der Waals surface area contributed by atoms with Crippen LogP contribution in [-0.2, 0) is 11.2 Å². The molecule has 0 bridgehead atoms. The van der Waals surface area contributed by atoms with Gasteiger partial charge in [-0.3, -0.25) is 4.79 Å². The number of nitrogens with zero attached hydrogens (tertiary/aromatic N) is 2. The number of amides is 1. The number of thiophene rings is 1. The highest BCUT2D eigenvalue weighted by atomic mass is 32.1. The van der Waals surface area contributed by atoms with Crippen LogP contribution in [0, 0.1) is 11.8 Å². The van der Waals surface area contributed by atoms with Gasteiger partial charge < -0.3 is 20.4 Å². The molecule has 0 radical (unpaired) electrons. The highest BCUT2D eigenvalue weighted by Gasteiger charge is 2.24. The summed E-state index contributed by atoms with van der Waals surface area (Å²) < 4.78 is 0. The summed E-state index contributed by atoms with van der Waals surface area (Å²) in [4.78, 5) is 15.9. The van der Waals surface area contributed by atoms with Crippen LogP contribution in [0.15, 0.2) is 10.8 Å². The molecule has 1 fully saturated rings.